The molecule has 2 amide bonds. The molecule has 4 rings (SSSR count). The highest BCUT2D eigenvalue weighted by Gasteiger charge is 2.32. The zero-order chi connectivity index (χ0) is 39.4. The maximum atomic E-state index is 13.7. The van der Waals surface area contributed by atoms with Gasteiger partial charge in [0.25, 0.3) is 0 Å². The fraction of sp³-hybridized carbons (Fsp3) is 0.375. The van der Waals surface area contributed by atoms with Gasteiger partial charge in [0.05, 0.1) is 46.7 Å². The Kier molecular flexibility index (Phi) is 14.4. The van der Waals surface area contributed by atoms with Crippen molar-refractivity contribution in [2.45, 2.75) is 63.9 Å². The minimum absolute atomic E-state index is 0.133. The number of ether oxygens (including phenoxy) is 5. The molecular formula is C40H46N2O12. The second-order valence-corrected chi connectivity index (χ2v) is 12.7. The summed E-state index contributed by atoms with van der Waals surface area (Å²) >= 11 is 0. The number of phenols is 2. The van der Waals surface area contributed by atoms with Crippen molar-refractivity contribution in [3.63, 3.8) is 0 Å². The lowest BCUT2D eigenvalue weighted by Crippen LogP contribution is -2.33. The highest BCUT2D eigenvalue weighted by atomic mass is 16.5. The summed E-state index contributed by atoms with van der Waals surface area (Å²) in [5, 5.41) is 28.6. The quantitative estimate of drug-likeness (QED) is 0.176. The molecule has 0 bridgehead atoms. The van der Waals surface area contributed by atoms with E-state index < -0.39 is 60.2 Å². The Balaban J connectivity index is 1.73. The van der Waals surface area contributed by atoms with Crippen LogP contribution in [0.2, 0.25) is 0 Å². The van der Waals surface area contributed by atoms with Gasteiger partial charge in [0.15, 0.2) is 11.5 Å². The summed E-state index contributed by atoms with van der Waals surface area (Å²) in [6.07, 6.45) is 5.15. The molecule has 14 nitrogen and oxygen atoms in total. The lowest BCUT2D eigenvalue weighted by Gasteiger charge is -2.24. The van der Waals surface area contributed by atoms with Crippen LogP contribution in [0.25, 0.3) is 6.08 Å². The van der Waals surface area contributed by atoms with Crippen LogP contribution in [0.4, 0.5) is 5.69 Å². The Bertz CT molecular complexity index is 1860. The number of cyclic esters (lactones) is 1. The third kappa shape index (κ3) is 10.3. The first kappa shape index (κ1) is 40.7. The molecule has 2 atom stereocenters. The first-order chi connectivity index (χ1) is 25.9. The van der Waals surface area contributed by atoms with Gasteiger partial charge >= 0.3 is 11.9 Å². The zero-order valence-corrected chi connectivity index (χ0v) is 31.0. The van der Waals surface area contributed by atoms with Gasteiger partial charge in [-0.05, 0) is 86.2 Å². The fourth-order valence-electron chi connectivity index (χ4n) is 6.16. The fourth-order valence-corrected chi connectivity index (χ4v) is 6.16. The van der Waals surface area contributed by atoms with Gasteiger partial charge in [-0.25, -0.2) is 9.59 Å². The van der Waals surface area contributed by atoms with E-state index in [4.69, 9.17) is 18.9 Å². The molecule has 3 aromatic carbocycles. The number of benzene rings is 3. The number of phenolic OH excluding ortho intramolecular Hbond substituents is 2. The molecule has 1 aliphatic rings. The summed E-state index contributed by atoms with van der Waals surface area (Å²) in [5.41, 5.74) is 0.816. The van der Waals surface area contributed by atoms with E-state index in [0.717, 1.165) is 0 Å². The molecule has 0 fully saturated rings. The molecular weight excluding hydrogens is 700 g/mol. The van der Waals surface area contributed by atoms with E-state index in [9.17, 15) is 34.2 Å². The Labute approximate surface area is 313 Å². The average Bonchev–Trinajstić information content (AvgIpc) is 3.15. The molecule has 1 aliphatic heterocycles. The van der Waals surface area contributed by atoms with Crippen LogP contribution in [0.5, 0.6) is 28.7 Å². The summed E-state index contributed by atoms with van der Waals surface area (Å²) in [7, 11) is 5.50. The first-order valence-electron chi connectivity index (χ1n) is 17.4. The van der Waals surface area contributed by atoms with E-state index in [1.165, 1.54) is 58.8 Å². The number of esters is 2. The van der Waals surface area contributed by atoms with Crippen molar-refractivity contribution in [1.82, 2.24) is 5.32 Å². The minimum atomic E-state index is -1.13. The number of rotatable bonds is 11. The Morgan fingerprint density at radius 2 is 1.57 bits per heavy atom. The van der Waals surface area contributed by atoms with E-state index in [1.54, 1.807) is 31.2 Å². The standard InChI is InChI=1S/C40H46N2O12/c1-23-10-9-13-28(43)12-8-6-7-11-25-18-30(44)36(37(47)35(25)40(49)54-23)29(26-19-31(50-2)38(52-4)32(20-26)51-3)21-33(45)41-22-34(46)42-27-16-14-24(15-17-27)39(48)53-5/h7,11,14-20,23,29,44,47H,6,8-10,12-13,21-22H2,1-5H3,(H,41,45)(H,42,46). The van der Waals surface area contributed by atoms with E-state index in [1.807, 2.05) is 0 Å². The van der Waals surface area contributed by atoms with E-state index >= 15 is 0 Å². The summed E-state index contributed by atoms with van der Waals surface area (Å²) in [4.78, 5) is 64.0. The number of carbonyl (C=O) groups excluding carboxylic acids is 5. The second kappa shape index (κ2) is 19.1. The highest BCUT2D eigenvalue weighted by molar-refractivity contribution is 5.98. The zero-order valence-electron chi connectivity index (χ0n) is 31.0. The third-order valence-corrected chi connectivity index (χ3v) is 8.91. The summed E-state index contributed by atoms with van der Waals surface area (Å²) in [6.45, 7) is 1.25. The Morgan fingerprint density at radius 3 is 2.20 bits per heavy atom. The van der Waals surface area contributed by atoms with E-state index in [0.29, 0.717) is 55.3 Å². The van der Waals surface area contributed by atoms with Gasteiger partial charge in [0.2, 0.25) is 17.6 Å². The monoisotopic (exact) mass is 746 g/mol. The van der Waals surface area contributed by atoms with Crippen molar-refractivity contribution in [3.05, 3.63) is 76.4 Å². The lowest BCUT2D eigenvalue weighted by molar-refractivity contribution is -0.124. The SMILES string of the molecule is COC(=O)c1ccc(NC(=O)CNC(=O)CC(c2cc(OC)c(OC)c(OC)c2)c2c(O)cc3c(c2O)C(=O)OC(C)CCCC(=O)CCCC=C3)cc1. The number of allylic oxidation sites excluding steroid dienone is 1. The number of ketones is 1. The number of Topliss-reactive ketones (excluding diaryl/α,β-unsaturated/α-hetero) is 1. The van der Waals surface area contributed by atoms with Crippen LogP contribution in [-0.4, -0.2) is 80.8 Å². The van der Waals surface area contributed by atoms with E-state index in [-0.39, 0.29) is 39.7 Å². The molecule has 0 saturated heterocycles. The molecule has 3 aromatic rings. The molecule has 288 valence electrons. The van der Waals surface area contributed by atoms with Gasteiger partial charge in [-0.3, -0.25) is 14.4 Å². The highest BCUT2D eigenvalue weighted by Crippen LogP contribution is 2.47. The normalized spacial score (nSPS) is 15.5. The molecule has 0 saturated carbocycles. The number of amides is 2. The molecule has 0 radical (unpaired) electrons. The number of aromatic hydroxyl groups is 2. The van der Waals surface area contributed by atoms with Crippen molar-refractivity contribution in [3.8, 4) is 28.7 Å². The third-order valence-electron chi connectivity index (χ3n) is 8.91. The maximum absolute atomic E-state index is 13.7. The van der Waals surface area contributed by atoms with Gasteiger partial charge in [-0.15, -0.1) is 0 Å². The number of methoxy groups -OCH3 is 4. The summed E-state index contributed by atoms with van der Waals surface area (Å²) in [6, 6.07) is 10.4. The van der Waals surface area contributed by atoms with Crippen LogP contribution >= 0.6 is 0 Å². The Hall–Kier alpha value is -6.05. The van der Waals surface area contributed by atoms with Crippen molar-refractivity contribution in [2.24, 2.45) is 0 Å². The largest absolute Gasteiger partial charge is 0.507 e. The molecule has 0 spiro atoms. The van der Waals surface area contributed by atoms with Gasteiger partial charge in [0, 0.05) is 36.4 Å². The lowest BCUT2D eigenvalue weighted by atomic mass is 9.84. The minimum Gasteiger partial charge on any atom is -0.507 e. The van der Waals surface area contributed by atoms with Gasteiger partial charge in [0.1, 0.15) is 22.8 Å². The van der Waals surface area contributed by atoms with Crippen molar-refractivity contribution < 1.29 is 57.9 Å². The van der Waals surface area contributed by atoms with Crippen LogP contribution in [0.15, 0.2) is 48.5 Å². The van der Waals surface area contributed by atoms with Crippen molar-refractivity contribution in [2.75, 3.05) is 40.3 Å². The number of fused-ring (bicyclic) bond motifs is 1. The molecule has 1 heterocycles. The first-order valence-corrected chi connectivity index (χ1v) is 17.4. The number of nitrogens with one attached hydrogen (secondary N) is 2. The smallest absolute Gasteiger partial charge is 0.342 e. The Morgan fingerprint density at radius 1 is 0.907 bits per heavy atom. The molecule has 4 N–H and O–H groups in total. The van der Waals surface area contributed by atoms with Crippen molar-refractivity contribution >= 4 is 41.3 Å². The van der Waals surface area contributed by atoms with Crippen molar-refractivity contribution in [1.29, 1.82) is 0 Å². The van der Waals surface area contributed by atoms with Crippen LogP contribution in [0.1, 0.15) is 95.2 Å². The van der Waals surface area contributed by atoms with Crippen LogP contribution in [0.3, 0.4) is 0 Å². The maximum Gasteiger partial charge on any atom is 0.342 e. The molecule has 2 unspecified atom stereocenters. The van der Waals surface area contributed by atoms with Gasteiger partial charge in [-0.2, -0.15) is 0 Å². The van der Waals surface area contributed by atoms with Crippen LogP contribution in [-0.2, 0) is 23.9 Å². The predicted molar refractivity (Wildman–Crippen MR) is 198 cm³/mol. The number of hydrogen-bond donors (Lipinski definition) is 4. The topological polar surface area (TPSA) is 196 Å². The molecule has 14 heteroatoms. The van der Waals surface area contributed by atoms with Gasteiger partial charge < -0.3 is 44.5 Å². The van der Waals surface area contributed by atoms with Crippen LogP contribution in [0, 0.1) is 0 Å². The molecule has 0 aliphatic carbocycles. The summed E-state index contributed by atoms with van der Waals surface area (Å²) in [5.74, 6) is -3.92. The van der Waals surface area contributed by atoms with Crippen LogP contribution < -0.4 is 24.8 Å². The number of hydrogen-bond acceptors (Lipinski definition) is 12. The number of carbonyl (C=O) groups is 5. The van der Waals surface area contributed by atoms with Gasteiger partial charge in [-0.1, -0.05) is 12.2 Å². The average molecular weight is 747 g/mol. The summed E-state index contributed by atoms with van der Waals surface area (Å²) < 4.78 is 27.0. The van der Waals surface area contributed by atoms with E-state index in [2.05, 4.69) is 15.4 Å². The molecule has 0 aromatic heterocycles. The predicted octanol–water partition coefficient (Wildman–Crippen LogP) is 5.67. The number of anilines is 1. The second-order valence-electron chi connectivity index (χ2n) is 12.7. The molecule has 54 heavy (non-hydrogen) atoms.